The van der Waals surface area contributed by atoms with Gasteiger partial charge in [0.25, 0.3) is 0 Å². The fourth-order valence-corrected chi connectivity index (χ4v) is 2.36. The standard InChI is InChI=1S/C13H13BrN4/c14-10-3-1-2-4-11(10)17-13-16-7-9-5-6-15-8-12(9)18-13/h1-4,7,15H,5-6,8H2,(H,16,17,18). The van der Waals surface area contributed by atoms with Crippen molar-refractivity contribution in [2.24, 2.45) is 0 Å². The minimum absolute atomic E-state index is 0.643. The van der Waals surface area contributed by atoms with Crippen LogP contribution < -0.4 is 10.6 Å². The van der Waals surface area contributed by atoms with Crippen LogP contribution in [-0.4, -0.2) is 16.5 Å². The van der Waals surface area contributed by atoms with Crippen LogP contribution in [0.2, 0.25) is 0 Å². The zero-order valence-corrected chi connectivity index (χ0v) is 11.4. The lowest BCUT2D eigenvalue weighted by Crippen LogP contribution is -2.25. The second kappa shape index (κ2) is 5.04. The first kappa shape index (κ1) is 11.6. The highest BCUT2D eigenvalue weighted by molar-refractivity contribution is 9.10. The number of fused-ring (bicyclic) bond motifs is 1. The van der Waals surface area contributed by atoms with Crippen LogP contribution in [0.25, 0.3) is 0 Å². The minimum atomic E-state index is 0.643. The Hall–Kier alpha value is -1.46. The van der Waals surface area contributed by atoms with Crippen LogP contribution in [0.4, 0.5) is 11.6 Å². The molecule has 0 aliphatic carbocycles. The molecule has 0 spiro atoms. The first-order chi connectivity index (χ1) is 8.83. The molecular weight excluding hydrogens is 292 g/mol. The van der Waals surface area contributed by atoms with E-state index >= 15 is 0 Å². The highest BCUT2D eigenvalue weighted by atomic mass is 79.9. The van der Waals surface area contributed by atoms with Crippen LogP contribution in [-0.2, 0) is 13.0 Å². The highest BCUT2D eigenvalue weighted by Gasteiger charge is 2.11. The average molecular weight is 305 g/mol. The molecule has 0 saturated heterocycles. The minimum Gasteiger partial charge on any atom is -0.323 e. The Morgan fingerprint density at radius 1 is 1.28 bits per heavy atom. The average Bonchev–Trinajstić information content (AvgIpc) is 2.41. The number of anilines is 2. The Kier molecular flexibility index (Phi) is 3.25. The van der Waals surface area contributed by atoms with Crippen LogP contribution in [0.15, 0.2) is 34.9 Å². The first-order valence-electron chi connectivity index (χ1n) is 5.90. The van der Waals surface area contributed by atoms with Gasteiger partial charge in [-0.2, -0.15) is 0 Å². The summed E-state index contributed by atoms with van der Waals surface area (Å²) >= 11 is 3.50. The molecule has 1 aliphatic rings. The van der Waals surface area contributed by atoms with E-state index in [2.05, 4.69) is 36.5 Å². The van der Waals surface area contributed by atoms with Crippen LogP contribution in [0.1, 0.15) is 11.3 Å². The van der Waals surface area contributed by atoms with Gasteiger partial charge in [-0.3, -0.25) is 0 Å². The van der Waals surface area contributed by atoms with Crippen molar-refractivity contribution < 1.29 is 0 Å². The van der Waals surface area contributed by atoms with Gasteiger partial charge in [-0.15, -0.1) is 0 Å². The fourth-order valence-electron chi connectivity index (χ4n) is 1.98. The topological polar surface area (TPSA) is 49.8 Å². The zero-order valence-electron chi connectivity index (χ0n) is 9.78. The SMILES string of the molecule is Brc1ccccc1Nc1ncc2c(n1)CNCC2. The van der Waals surface area contributed by atoms with Crippen LogP contribution in [0, 0.1) is 0 Å². The number of rotatable bonds is 2. The van der Waals surface area contributed by atoms with Gasteiger partial charge < -0.3 is 10.6 Å². The quantitative estimate of drug-likeness (QED) is 0.895. The Balaban J connectivity index is 1.87. The van der Waals surface area contributed by atoms with Crippen molar-refractivity contribution in [3.05, 3.63) is 46.2 Å². The molecule has 1 aromatic heterocycles. The predicted octanol–water partition coefficient (Wildman–Crippen LogP) is 2.63. The van der Waals surface area contributed by atoms with E-state index in [1.807, 2.05) is 30.5 Å². The number of benzene rings is 1. The maximum atomic E-state index is 4.54. The van der Waals surface area contributed by atoms with Gasteiger partial charge in [-0.25, -0.2) is 9.97 Å². The summed E-state index contributed by atoms with van der Waals surface area (Å²) in [5.74, 6) is 0.643. The van der Waals surface area contributed by atoms with E-state index in [-0.39, 0.29) is 0 Å². The molecule has 0 amide bonds. The van der Waals surface area contributed by atoms with Crippen molar-refractivity contribution in [1.82, 2.24) is 15.3 Å². The molecule has 0 saturated carbocycles. The summed E-state index contributed by atoms with van der Waals surface area (Å²) in [6.45, 7) is 1.83. The number of nitrogens with one attached hydrogen (secondary N) is 2. The first-order valence-corrected chi connectivity index (χ1v) is 6.69. The number of aromatic nitrogens is 2. The maximum absolute atomic E-state index is 4.54. The third kappa shape index (κ3) is 2.37. The van der Waals surface area contributed by atoms with Gasteiger partial charge in [0.2, 0.25) is 5.95 Å². The summed E-state index contributed by atoms with van der Waals surface area (Å²) in [4.78, 5) is 8.90. The summed E-state index contributed by atoms with van der Waals surface area (Å²) in [5, 5.41) is 6.54. The predicted molar refractivity (Wildman–Crippen MR) is 74.9 cm³/mol. The number of hydrogen-bond acceptors (Lipinski definition) is 4. The third-order valence-corrected chi connectivity index (χ3v) is 3.63. The molecule has 1 aliphatic heterocycles. The zero-order chi connectivity index (χ0) is 12.4. The molecule has 0 fully saturated rings. The van der Waals surface area contributed by atoms with Crippen molar-refractivity contribution >= 4 is 27.6 Å². The molecule has 92 valence electrons. The van der Waals surface area contributed by atoms with Crippen LogP contribution >= 0.6 is 15.9 Å². The lowest BCUT2D eigenvalue weighted by molar-refractivity contribution is 0.624. The summed E-state index contributed by atoms with van der Waals surface area (Å²) in [6.07, 6.45) is 2.92. The van der Waals surface area contributed by atoms with Crippen molar-refractivity contribution in [3.63, 3.8) is 0 Å². The van der Waals surface area contributed by atoms with Crippen molar-refractivity contribution in [2.45, 2.75) is 13.0 Å². The van der Waals surface area contributed by atoms with Gasteiger partial charge in [-0.05, 0) is 46.6 Å². The third-order valence-electron chi connectivity index (χ3n) is 2.94. The van der Waals surface area contributed by atoms with E-state index < -0.39 is 0 Å². The second-order valence-electron chi connectivity index (χ2n) is 4.20. The molecule has 2 heterocycles. The smallest absolute Gasteiger partial charge is 0.227 e. The maximum Gasteiger partial charge on any atom is 0.227 e. The Labute approximate surface area is 114 Å². The monoisotopic (exact) mass is 304 g/mol. The van der Waals surface area contributed by atoms with Gasteiger partial charge in [0.1, 0.15) is 0 Å². The number of hydrogen-bond donors (Lipinski definition) is 2. The summed E-state index contributed by atoms with van der Waals surface area (Å²) in [7, 11) is 0. The van der Waals surface area contributed by atoms with Gasteiger partial charge in [0, 0.05) is 17.2 Å². The molecule has 18 heavy (non-hydrogen) atoms. The highest BCUT2D eigenvalue weighted by Crippen LogP contribution is 2.24. The summed E-state index contributed by atoms with van der Waals surface area (Å²) in [5.41, 5.74) is 3.30. The summed E-state index contributed by atoms with van der Waals surface area (Å²) < 4.78 is 1.00. The van der Waals surface area contributed by atoms with Gasteiger partial charge in [-0.1, -0.05) is 12.1 Å². The van der Waals surface area contributed by atoms with Crippen molar-refractivity contribution in [2.75, 3.05) is 11.9 Å². The number of halogens is 1. The molecule has 0 unspecified atom stereocenters. The van der Waals surface area contributed by atoms with Gasteiger partial charge in [0.05, 0.1) is 11.4 Å². The van der Waals surface area contributed by atoms with Crippen LogP contribution in [0.3, 0.4) is 0 Å². The van der Waals surface area contributed by atoms with E-state index in [1.165, 1.54) is 5.56 Å². The Morgan fingerprint density at radius 3 is 3.06 bits per heavy atom. The molecule has 3 rings (SSSR count). The van der Waals surface area contributed by atoms with Crippen molar-refractivity contribution in [3.8, 4) is 0 Å². The molecule has 2 N–H and O–H groups in total. The molecule has 1 aromatic carbocycles. The lowest BCUT2D eigenvalue weighted by atomic mass is 10.1. The van der Waals surface area contributed by atoms with Gasteiger partial charge >= 0.3 is 0 Å². The van der Waals surface area contributed by atoms with Crippen molar-refractivity contribution in [1.29, 1.82) is 0 Å². The summed E-state index contributed by atoms with van der Waals surface area (Å²) in [6, 6.07) is 7.94. The van der Waals surface area contributed by atoms with Crippen LogP contribution in [0.5, 0.6) is 0 Å². The van der Waals surface area contributed by atoms with E-state index in [0.717, 1.165) is 35.4 Å². The Morgan fingerprint density at radius 2 is 2.17 bits per heavy atom. The van der Waals surface area contributed by atoms with E-state index in [4.69, 9.17) is 0 Å². The molecule has 0 bridgehead atoms. The largest absolute Gasteiger partial charge is 0.323 e. The van der Waals surface area contributed by atoms with E-state index in [9.17, 15) is 0 Å². The molecule has 0 radical (unpaired) electrons. The van der Waals surface area contributed by atoms with Gasteiger partial charge in [0.15, 0.2) is 0 Å². The molecule has 2 aromatic rings. The number of para-hydroxylation sites is 1. The molecular formula is C13H13BrN4. The fraction of sp³-hybridized carbons (Fsp3) is 0.231. The van der Waals surface area contributed by atoms with E-state index in [0.29, 0.717) is 5.95 Å². The Bertz CT molecular complexity index is 571. The second-order valence-corrected chi connectivity index (χ2v) is 5.05. The lowest BCUT2D eigenvalue weighted by Gasteiger charge is -2.16. The normalized spacial score (nSPS) is 14.1. The molecule has 0 atom stereocenters. The number of nitrogens with zero attached hydrogens (tertiary/aromatic N) is 2. The molecule has 5 heteroatoms. The molecule has 4 nitrogen and oxygen atoms in total. The van der Waals surface area contributed by atoms with E-state index in [1.54, 1.807) is 0 Å².